The van der Waals surface area contributed by atoms with Gasteiger partial charge < -0.3 is 14.8 Å². The van der Waals surface area contributed by atoms with Crippen molar-refractivity contribution < 1.29 is 19.1 Å². The first-order valence-corrected chi connectivity index (χ1v) is 15.1. The van der Waals surface area contributed by atoms with E-state index in [9.17, 15) is 9.59 Å². The minimum atomic E-state index is -0.523. The molecule has 2 aliphatic rings. The van der Waals surface area contributed by atoms with Crippen LogP contribution in [0.5, 0.6) is 5.75 Å². The van der Waals surface area contributed by atoms with Crippen molar-refractivity contribution in [2.24, 2.45) is 11.0 Å². The van der Waals surface area contributed by atoms with Crippen LogP contribution in [0.2, 0.25) is 0 Å². The number of ketones is 1. The van der Waals surface area contributed by atoms with Crippen LogP contribution in [0.4, 0.5) is 10.5 Å². The average molecular weight is 602 g/mol. The summed E-state index contributed by atoms with van der Waals surface area (Å²) in [5.41, 5.74) is 12.7. The van der Waals surface area contributed by atoms with Crippen LogP contribution in [0, 0.1) is 5.92 Å². The number of fused-ring (bicyclic) bond motifs is 3. The van der Waals surface area contributed by atoms with E-state index in [1.165, 1.54) is 22.4 Å². The number of methoxy groups -OCH3 is 1. The third-order valence-electron chi connectivity index (χ3n) is 8.98. The zero-order valence-corrected chi connectivity index (χ0v) is 25.1. The Kier molecular flexibility index (Phi) is 8.82. The molecule has 45 heavy (non-hydrogen) atoms. The van der Waals surface area contributed by atoms with Crippen LogP contribution in [0.25, 0.3) is 21.2 Å². The number of Topliss-reactive ketones (excluding diaryl/α,β-unsaturated/α-hetero) is 1. The molecule has 1 fully saturated rings. The van der Waals surface area contributed by atoms with E-state index in [4.69, 9.17) is 15.0 Å². The van der Waals surface area contributed by atoms with Gasteiger partial charge in [-0.3, -0.25) is 9.69 Å². The summed E-state index contributed by atoms with van der Waals surface area (Å²) in [7, 11) is 1.63. The summed E-state index contributed by atoms with van der Waals surface area (Å²) < 4.78 is 11.0. The van der Waals surface area contributed by atoms with Crippen LogP contribution in [-0.4, -0.2) is 37.7 Å². The van der Waals surface area contributed by atoms with Crippen molar-refractivity contribution in [2.45, 2.75) is 43.9 Å². The van der Waals surface area contributed by atoms with Gasteiger partial charge in [0.1, 0.15) is 12.4 Å². The predicted molar refractivity (Wildman–Crippen MR) is 174 cm³/mol. The molecule has 6 rings (SSSR count). The summed E-state index contributed by atoms with van der Waals surface area (Å²) in [5.74, 6) is 0.0107. The summed E-state index contributed by atoms with van der Waals surface area (Å²) in [6.07, 6.45) is 2.28. The standard InChI is InChI=1S/C36H35N5O4/c1-3-17-45-36(43)41-32-16-11-23(21-39-40-37)18-31(32)35(42)34-30(25-12-14-28(44-2)15-13-25)19-27(20-33(34)41)38-22-26-9-6-8-24-7-4-5-10-29(24)26/h3-16,18,27,30,33-34,38H,1,17,19-22H2,2H3/t27-,30+,33+,34-/m0/s1. The topological polar surface area (TPSA) is 117 Å². The number of benzene rings is 4. The van der Waals surface area contributed by atoms with Crippen LogP contribution in [0.1, 0.15) is 45.8 Å². The van der Waals surface area contributed by atoms with Gasteiger partial charge in [-0.1, -0.05) is 78.4 Å². The largest absolute Gasteiger partial charge is 0.497 e. The summed E-state index contributed by atoms with van der Waals surface area (Å²) in [6.45, 7) is 4.50. The highest BCUT2D eigenvalue weighted by molar-refractivity contribution is 6.10. The second-order valence-corrected chi connectivity index (χ2v) is 11.5. The highest BCUT2D eigenvalue weighted by Gasteiger charge is 2.51. The zero-order chi connectivity index (χ0) is 31.3. The Bertz CT molecular complexity index is 1780. The van der Waals surface area contributed by atoms with Crippen LogP contribution in [-0.2, 0) is 17.8 Å². The molecule has 4 aromatic carbocycles. The first kappa shape index (κ1) is 29.9. The maximum atomic E-state index is 14.5. The van der Waals surface area contributed by atoms with Crippen molar-refractivity contribution in [3.63, 3.8) is 0 Å². The number of carbonyl (C=O) groups is 2. The molecule has 1 saturated carbocycles. The number of anilines is 1. The number of hydrogen-bond acceptors (Lipinski definition) is 6. The molecule has 1 heterocycles. The van der Waals surface area contributed by atoms with E-state index in [-0.39, 0.29) is 30.9 Å². The van der Waals surface area contributed by atoms with Gasteiger partial charge in [0.05, 0.1) is 31.3 Å². The smallest absolute Gasteiger partial charge is 0.414 e. The lowest BCUT2D eigenvalue weighted by Gasteiger charge is -2.49. The van der Waals surface area contributed by atoms with Gasteiger partial charge >= 0.3 is 6.09 Å². The quantitative estimate of drug-likeness (QED) is 0.0913. The Balaban J connectivity index is 1.41. The molecule has 0 unspecified atom stereocenters. The Morgan fingerprint density at radius 2 is 1.89 bits per heavy atom. The molecule has 1 amide bonds. The van der Waals surface area contributed by atoms with Gasteiger partial charge in [0.25, 0.3) is 0 Å². The number of ether oxygens (including phenoxy) is 2. The lowest BCUT2D eigenvalue weighted by molar-refractivity contribution is 0.0796. The second kappa shape index (κ2) is 13.3. The molecule has 228 valence electrons. The van der Waals surface area contributed by atoms with E-state index in [0.29, 0.717) is 36.2 Å². The Morgan fingerprint density at radius 1 is 1.09 bits per heavy atom. The third kappa shape index (κ3) is 6.00. The fraction of sp³-hybridized carbons (Fsp3) is 0.278. The minimum absolute atomic E-state index is 0.00520. The molecule has 0 saturated heterocycles. The van der Waals surface area contributed by atoms with E-state index < -0.39 is 18.1 Å². The van der Waals surface area contributed by atoms with Crippen molar-refractivity contribution >= 4 is 28.3 Å². The predicted octanol–water partition coefficient (Wildman–Crippen LogP) is 7.70. The first-order chi connectivity index (χ1) is 22.0. The molecule has 9 heteroatoms. The van der Waals surface area contributed by atoms with Crippen LogP contribution < -0.4 is 15.0 Å². The van der Waals surface area contributed by atoms with Crippen molar-refractivity contribution in [3.05, 3.63) is 130 Å². The normalized spacial score (nSPS) is 20.5. The van der Waals surface area contributed by atoms with Crippen LogP contribution in [0.15, 0.2) is 103 Å². The fourth-order valence-electron chi connectivity index (χ4n) is 6.94. The van der Waals surface area contributed by atoms with Crippen molar-refractivity contribution in [2.75, 3.05) is 18.6 Å². The Morgan fingerprint density at radius 3 is 2.67 bits per heavy atom. The molecule has 4 atom stereocenters. The summed E-state index contributed by atoms with van der Waals surface area (Å²) in [6, 6.07) is 27.3. The molecule has 0 bridgehead atoms. The van der Waals surface area contributed by atoms with Crippen molar-refractivity contribution in [1.29, 1.82) is 0 Å². The lowest BCUT2D eigenvalue weighted by Crippen LogP contribution is -2.58. The van der Waals surface area contributed by atoms with Gasteiger partial charge in [0.15, 0.2) is 5.78 Å². The average Bonchev–Trinajstić information content (AvgIpc) is 3.08. The maximum Gasteiger partial charge on any atom is 0.414 e. The van der Waals surface area contributed by atoms with Gasteiger partial charge in [-0.25, -0.2) is 4.79 Å². The second-order valence-electron chi connectivity index (χ2n) is 11.5. The van der Waals surface area contributed by atoms with Gasteiger partial charge in [-0.15, -0.1) is 0 Å². The minimum Gasteiger partial charge on any atom is -0.497 e. The van der Waals surface area contributed by atoms with E-state index in [0.717, 1.165) is 11.3 Å². The Labute approximate surface area is 262 Å². The number of nitrogens with one attached hydrogen (secondary N) is 1. The van der Waals surface area contributed by atoms with Crippen LogP contribution >= 0.6 is 0 Å². The first-order valence-electron chi connectivity index (χ1n) is 15.1. The highest BCUT2D eigenvalue weighted by Crippen LogP contribution is 2.48. The van der Waals surface area contributed by atoms with E-state index >= 15 is 0 Å². The summed E-state index contributed by atoms with van der Waals surface area (Å²) in [4.78, 5) is 32.7. The number of azide groups is 1. The van der Waals surface area contributed by atoms with Crippen molar-refractivity contribution in [1.82, 2.24) is 5.32 Å². The number of rotatable bonds is 9. The van der Waals surface area contributed by atoms with Crippen LogP contribution in [0.3, 0.4) is 0 Å². The molecule has 4 aromatic rings. The molecule has 0 radical (unpaired) electrons. The Hall–Kier alpha value is -5.11. The molecular formula is C36H35N5O4. The fourth-order valence-corrected chi connectivity index (χ4v) is 6.94. The highest BCUT2D eigenvalue weighted by atomic mass is 16.6. The molecule has 9 nitrogen and oxygen atoms in total. The van der Waals surface area contributed by atoms with Gasteiger partial charge in [-0.05, 0) is 76.0 Å². The maximum absolute atomic E-state index is 14.5. The number of nitrogens with zero attached hydrogens (tertiary/aromatic N) is 4. The zero-order valence-electron chi connectivity index (χ0n) is 25.1. The van der Waals surface area contributed by atoms with E-state index in [1.54, 1.807) is 30.2 Å². The SMILES string of the molecule is C=CCOC(=O)N1c2ccc(CN=[N+]=[N-])cc2C(=O)[C@H]2[C@@H](c3ccc(OC)cc3)C[C@H](NCc3cccc4ccccc34)C[C@H]21. The molecule has 0 spiro atoms. The van der Waals surface area contributed by atoms with E-state index in [2.05, 4.69) is 52.3 Å². The van der Waals surface area contributed by atoms with Gasteiger partial charge in [0.2, 0.25) is 0 Å². The number of carbonyl (C=O) groups excluding carboxylic acids is 2. The molecule has 1 aliphatic carbocycles. The molecule has 0 aromatic heterocycles. The van der Waals surface area contributed by atoms with Gasteiger partial charge in [-0.2, -0.15) is 0 Å². The van der Waals surface area contributed by atoms with E-state index in [1.807, 2.05) is 36.4 Å². The number of hydrogen-bond donors (Lipinski definition) is 1. The molecular weight excluding hydrogens is 566 g/mol. The third-order valence-corrected chi connectivity index (χ3v) is 8.98. The van der Waals surface area contributed by atoms with Gasteiger partial charge in [0, 0.05) is 23.1 Å². The summed E-state index contributed by atoms with van der Waals surface area (Å²) >= 11 is 0. The molecule has 1 aliphatic heterocycles. The molecule has 1 N–H and O–H groups in total. The number of amides is 1. The monoisotopic (exact) mass is 601 g/mol. The van der Waals surface area contributed by atoms with Crippen molar-refractivity contribution in [3.8, 4) is 5.75 Å². The lowest BCUT2D eigenvalue weighted by atomic mass is 9.65. The summed E-state index contributed by atoms with van der Waals surface area (Å²) in [5, 5.41) is 9.84.